The molecule has 1 aromatic carbocycles. The van der Waals surface area contributed by atoms with Gasteiger partial charge in [-0.2, -0.15) is 0 Å². The second kappa shape index (κ2) is 5.38. The molecule has 3 aromatic rings. The van der Waals surface area contributed by atoms with E-state index in [-0.39, 0.29) is 16.2 Å². The number of rotatable bonds is 4. The number of pyridine rings is 1. The lowest BCUT2D eigenvalue weighted by molar-refractivity contribution is -0.385. The summed E-state index contributed by atoms with van der Waals surface area (Å²) in [5.74, 6) is 0. The molecule has 0 fully saturated rings. The molecule has 0 amide bonds. The van der Waals surface area contributed by atoms with Gasteiger partial charge in [0.1, 0.15) is 6.20 Å². The molecule has 0 N–H and O–H groups in total. The van der Waals surface area contributed by atoms with Crippen LogP contribution in [0.5, 0.6) is 0 Å². The number of allylic oxidation sites excluding steroid dienone is 4. The first kappa shape index (κ1) is 15.3. The second-order valence-electron chi connectivity index (χ2n) is 5.46. The molecule has 0 atom stereocenters. The van der Waals surface area contributed by atoms with E-state index in [0.717, 1.165) is 15.7 Å². The minimum Gasteiger partial charge on any atom is -0.258 e. The van der Waals surface area contributed by atoms with Crippen LogP contribution in [0.2, 0.25) is 0 Å². The van der Waals surface area contributed by atoms with Crippen molar-refractivity contribution in [2.75, 3.05) is 0 Å². The highest BCUT2D eigenvalue weighted by atomic mass is 32.2. The summed E-state index contributed by atoms with van der Waals surface area (Å²) in [5, 5.41) is 11.5. The van der Waals surface area contributed by atoms with Crippen LogP contribution in [0.25, 0.3) is 16.6 Å². The number of hydrogen-bond donors (Lipinski definition) is 0. The number of benzene rings is 1. The summed E-state index contributed by atoms with van der Waals surface area (Å²) in [6, 6.07) is 9.33. The third-order valence-corrected chi connectivity index (χ3v) is 5.64. The summed E-state index contributed by atoms with van der Waals surface area (Å²) >= 11 is 0. The summed E-state index contributed by atoms with van der Waals surface area (Å²) in [4.78, 5) is 14.7. The number of nitrogens with zero attached hydrogens (tertiary/aromatic N) is 3. The third-order valence-electron chi connectivity index (χ3n) is 3.97. The quantitative estimate of drug-likeness (QED) is 0.530. The van der Waals surface area contributed by atoms with E-state index >= 15 is 0 Å². The highest BCUT2D eigenvalue weighted by Crippen LogP contribution is 2.33. The molecule has 2 aromatic heterocycles. The highest BCUT2D eigenvalue weighted by molar-refractivity contribution is 7.90. The minimum absolute atomic E-state index is 0.122. The normalized spacial score (nSPS) is 13.5. The molecular weight excluding hydrogens is 342 g/mol. The molecule has 25 heavy (non-hydrogen) atoms. The van der Waals surface area contributed by atoms with E-state index in [0.29, 0.717) is 10.9 Å². The summed E-state index contributed by atoms with van der Waals surface area (Å²) in [6.45, 7) is 0. The molecule has 4 rings (SSSR count). The van der Waals surface area contributed by atoms with Crippen LogP contribution < -0.4 is 0 Å². The predicted molar refractivity (Wildman–Crippen MR) is 92.5 cm³/mol. The van der Waals surface area contributed by atoms with Crippen molar-refractivity contribution in [2.24, 2.45) is 0 Å². The van der Waals surface area contributed by atoms with Crippen LogP contribution in [-0.2, 0) is 10.0 Å². The molecular formula is C17H11N3O4S. The van der Waals surface area contributed by atoms with Crippen molar-refractivity contribution in [2.45, 2.75) is 4.90 Å². The molecule has 0 bridgehead atoms. The maximum Gasteiger partial charge on any atom is 0.288 e. The Labute approximate surface area is 142 Å². The summed E-state index contributed by atoms with van der Waals surface area (Å²) in [7, 11) is -3.86. The lowest BCUT2D eigenvalue weighted by Crippen LogP contribution is -2.12. The molecule has 1 aliphatic carbocycles. The van der Waals surface area contributed by atoms with Gasteiger partial charge in [0.05, 0.1) is 9.82 Å². The van der Waals surface area contributed by atoms with Gasteiger partial charge in [-0.1, -0.05) is 36.4 Å². The molecule has 8 heteroatoms. The van der Waals surface area contributed by atoms with E-state index in [2.05, 4.69) is 4.98 Å². The van der Waals surface area contributed by atoms with Crippen molar-refractivity contribution in [1.82, 2.24) is 8.96 Å². The van der Waals surface area contributed by atoms with Crippen molar-refractivity contribution in [3.63, 3.8) is 0 Å². The average molecular weight is 353 g/mol. The van der Waals surface area contributed by atoms with Gasteiger partial charge < -0.3 is 0 Å². The molecule has 124 valence electrons. The van der Waals surface area contributed by atoms with Gasteiger partial charge in [0.15, 0.2) is 5.65 Å². The topological polar surface area (TPSA) is 95.1 Å². The van der Waals surface area contributed by atoms with E-state index in [4.69, 9.17) is 0 Å². The monoisotopic (exact) mass is 353 g/mol. The van der Waals surface area contributed by atoms with E-state index in [9.17, 15) is 18.5 Å². The van der Waals surface area contributed by atoms with E-state index in [1.165, 1.54) is 24.4 Å². The fourth-order valence-corrected chi connectivity index (χ4v) is 4.00. The highest BCUT2D eigenvalue weighted by Gasteiger charge is 2.24. The largest absolute Gasteiger partial charge is 0.288 e. The number of nitro groups is 1. The van der Waals surface area contributed by atoms with Crippen molar-refractivity contribution >= 4 is 32.3 Å². The summed E-state index contributed by atoms with van der Waals surface area (Å²) < 4.78 is 27.0. The van der Waals surface area contributed by atoms with Crippen LogP contribution >= 0.6 is 0 Å². The molecule has 0 saturated carbocycles. The van der Waals surface area contributed by atoms with E-state index < -0.39 is 14.9 Å². The second-order valence-corrected chi connectivity index (χ2v) is 7.27. The lowest BCUT2D eigenvalue weighted by atomic mass is 10.00. The number of fused-ring (bicyclic) bond motifs is 1. The molecule has 1 aliphatic rings. The van der Waals surface area contributed by atoms with E-state index in [1.54, 1.807) is 18.2 Å². The molecule has 7 nitrogen and oxygen atoms in total. The van der Waals surface area contributed by atoms with Gasteiger partial charge in [0, 0.05) is 23.2 Å². The Balaban J connectivity index is 2.01. The molecule has 0 unspecified atom stereocenters. The fourth-order valence-electron chi connectivity index (χ4n) is 2.66. The minimum atomic E-state index is -3.86. The first-order valence-electron chi connectivity index (χ1n) is 7.33. The Morgan fingerprint density at radius 1 is 1.16 bits per heavy atom. The Morgan fingerprint density at radius 3 is 2.48 bits per heavy atom. The van der Waals surface area contributed by atoms with Gasteiger partial charge >= 0.3 is 0 Å². The van der Waals surface area contributed by atoms with Crippen molar-refractivity contribution < 1.29 is 13.3 Å². The Kier molecular flexibility index (Phi) is 3.29. The van der Waals surface area contributed by atoms with Crippen LogP contribution in [0.1, 0.15) is 5.56 Å². The molecule has 0 saturated heterocycles. The number of hydrogen-bond acceptors (Lipinski definition) is 5. The van der Waals surface area contributed by atoms with Gasteiger partial charge in [-0.05, 0) is 17.7 Å². The average Bonchev–Trinajstić information content (AvgIpc) is 2.93. The van der Waals surface area contributed by atoms with Gasteiger partial charge in [-0.15, -0.1) is 0 Å². The van der Waals surface area contributed by atoms with Crippen molar-refractivity contribution in [1.29, 1.82) is 0 Å². The van der Waals surface area contributed by atoms with Crippen LogP contribution in [0.4, 0.5) is 5.69 Å². The predicted octanol–water partition coefficient (Wildman–Crippen LogP) is 3.13. The Bertz CT molecular complexity index is 1180. The van der Waals surface area contributed by atoms with Crippen molar-refractivity contribution in [3.8, 4) is 0 Å². The van der Waals surface area contributed by atoms with Gasteiger partial charge in [0.25, 0.3) is 15.7 Å². The van der Waals surface area contributed by atoms with Crippen LogP contribution in [0, 0.1) is 10.1 Å². The van der Waals surface area contributed by atoms with Crippen LogP contribution in [0.15, 0.2) is 71.9 Å². The smallest absolute Gasteiger partial charge is 0.258 e. The molecule has 0 aliphatic heterocycles. The van der Waals surface area contributed by atoms with Crippen LogP contribution in [0.3, 0.4) is 0 Å². The number of aromatic nitrogens is 2. The first-order chi connectivity index (χ1) is 12.0. The Morgan fingerprint density at radius 2 is 1.88 bits per heavy atom. The van der Waals surface area contributed by atoms with Gasteiger partial charge in [0.2, 0.25) is 0 Å². The maximum absolute atomic E-state index is 13.0. The molecule has 0 spiro atoms. The zero-order valence-electron chi connectivity index (χ0n) is 12.7. The third kappa shape index (κ3) is 2.34. The lowest BCUT2D eigenvalue weighted by Gasteiger charge is -2.06. The summed E-state index contributed by atoms with van der Waals surface area (Å²) in [5.41, 5.74) is 1.36. The van der Waals surface area contributed by atoms with E-state index in [1.807, 2.05) is 18.2 Å². The maximum atomic E-state index is 13.0. The SMILES string of the molecule is O=[N+]([O-])c1cnc2c(c1)c(C1=CC=C1)cn2S(=O)(=O)c1ccccc1. The van der Waals surface area contributed by atoms with Crippen molar-refractivity contribution in [3.05, 3.63) is 82.7 Å². The zero-order valence-corrected chi connectivity index (χ0v) is 13.6. The standard InChI is InChI=1S/C17H11N3O4S/c21-20(22)13-9-15-16(12-5-4-6-12)11-19(17(15)18-10-13)25(23,24)14-7-2-1-3-8-14/h1-11H. The fraction of sp³-hybridized carbons (Fsp3) is 0. The van der Waals surface area contributed by atoms with Gasteiger partial charge in [-0.3, -0.25) is 10.1 Å². The van der Waals surface area contributed by atoms with Crippen LogP contribution in [-0.4, -0.2) is 22.3 Å². The first-order valence-corrected chi connectivity index (χ1v) is 8.77. The zero-order chi connectivity index (χ0) is 17.6. The molecule has 2 heterocycles. The summed E-state index contributed by atoms with van der Waals surface area (Å²) in [6.07, 6.45) is 7.96. The van der Waals surface area contributed by atoms with Gasteiger partial charge in [-0.25, -0.2) is 17.4 Å². The molecule has 0 radical (unpaired) electrons. The Hall–Kier alpha value is -3.26.